The maximum absolute atomic E-state index is 13.7. The number of likely N-dealkylation sites (N-methyl/N-ethyl adjacent to an activating group) is 1. The molecule has 2 unspecified atom stereocenters. The lowest BCUT2D eigenvalue weighted by molar-refractivity contribution is -0.385. The summed E-state index contributed by atoms with van der Waals surface area (Å²) in [5, 5.41) is 22.5. The number of carbonyl (C=O) groups is 1. The molecule has 1 fully saturated rings. The third kappa shape index (κ3) is 2.94. The molecule has 0 spiro atoms. The number of halogens is 1. The summed E-state index contributed by atoms with van der Waals surface area (Å²) < 4.78 is 19.2. The molecule has 1 aromatic carbocycles. The molecule has 114 valence electrons. The summed E-state index contributed by atoms with van der Waals surface area (Å²) in [6.07, 6.45) is 0.584. The van der Waals surface area contributed by atoms with Crippen molar-refractivity contribution in [3.8, 4) is 5.75 Å². The Morgan fingerprint density at radius 1 is 1.62 bits per heavy atom. The molecule has 1 aliphatic rings. The summed E-state index contributed by atoms with van der Waals surface area (Å²) in [7, 11) is 1.56. The number of nitrogens with one attached hydrogen (secondary N) is 1. The first-order valence-corrected chi connectivity index (χ1v) is 6.41. The van der Waals surface area contributed by atoms with Gasteiger partial charge in [-0.15, -0.1) is 0 Å². The molecule has 0 aromatic heterocycles. The van der Waals surface area contributed by atoms with E-state index in [1.807, 2.05) is 0 Å². The van der Waals surface area contributed by atoms with Gasteiger partial charge in [0.25, 0.3) is 5.69 Å². The second kappa shape index (κ2) is 5.65. The van der Waals surface area contributed by atoms with E-state index in [1.54, 1.807) is 7.05 Å². The van der Waals surface area contributed by atoms with E-state index in [0.29, 0.717) is 12.8 Å². The lowest BCUT2D eigenvalue weighted by Crippen LogP contribution is -2.48. The molecule has 7 nitrogen and oxygen atoms in total. The van der Waals surface area contributed by atoms with Crippen molar-refractivity contribution in [3.05, 3.63) is 34.1 Å². The van der Waals surface area contributed by atoms with E-state index < -0.39 is 28.4 Å². The Hall–Kier alpha value is -2.22. The predicted octanol–water partition coefficient (Wildman–Crippen LogP) is 1.71. The van der Waals surface area contributed by atoms with Crippen molar-refractivity contribution < 1.29 is 24.0 Å². The van der Waals surface area contributed by atoms with E-state index in [9.17, 15) is 24.4 Å². The highest BCUT2D eigenvalue weighted by Crippen LogP contribution is 2.34. The maximum atomic E-state index is 13.7. The summed E-state index contributed by atoms with van der Waals surface area (Å²) in [5.74, 6) is -1.91. The monoisotopic (exact) mass is 298 g/mol. The third-order valence-corrected chi connectivity index (χ3v) is 3.78. The van der Waals surface area contributed by atoms with Crippen LogP contribution in [-0.2, 0) is 4.79 Å². The first-order valence-electron chi connectivity index (χ1n) is 6.41. The first-order chi connectivity index (χ1) is 9.88. The van der Waals surface area contributed by atoms with Gasteiger partial charge in [0.05, 0.1) is 11.0 Å². The van der Waals surface area contributed by atoms with E-state index in [4.69, 9.17) is 4.74 Å². The normalized spacial score (nSPS) is 24.8. The minimum atomic E-state index is -1.07. The zero-order valence-electron chi connectivity index (χ0n) is 11.3. The highest BCUT2D eigenvalue weighted by molar-refractivity contribution is 5.79. The van der Waals surface area contributed by atoms with Crippen molar-refractivity contribution in [3.63, 3.8) is 0 Å². The van der Waals surface area contributed by atoms with Gasteiger partial charge in [-0.25, -0.2) is 4.39 Å². The number of rotatable bonds is 5. The van der Waals surface area contributed by atoms with E-state index in [-0.39, 0.29) is 17.9 Å². The third-order valence-electron chi connectivity index (χ3n) is 3.78. The van der Waals surface area contributed by atoms with Crippen molar-refractivity contribution in [1.29, 1.82) is 0 Å². The minimum Gasteiger partial charge on any atom is -0.487 e. The van der Waals surface area contributed by atoms with Crippen LogP contribution in [-0.4, -0.2) is 34.7 Å². The minimum absolute atomic E-state index is 0.108. The van der Waals surface area contributed by atoms with Crippen LogP contribution in [0, 0.1) is 15.9 Å². The van der Waals surface area contributed by atoms with Gasteiger partial charge in [0.1, 0.15) is 11.6 Å². The van der Waals surface area contributed by atoms with Gasteiger partial charge in [-0.2, -0.15) is 0 Å². The number of carboxylic acid groups (broad SMARTS) is 1. The van der Waals surface area contributed by atoms with Crippen molar-refractivity contribution in [2.24, 2.45) is 0 Å². The molecule has 2 rings (SSSR count). The zero-order chi connectivity index (χ0) is 15.6. The van der Waals surface area contributed by atoms with Crippen LogP contribution < -0.4 is 10.1 Å². The fourth-order valence-electron chi connectivity index (χ4n) is 2.51. The van der Waals surface area contributed by atoms with Gasteiger partial charge in [-0.1, -0.05) is 0 Å². The average Bonchev–Trinajstić information content (AvgIpc) is 2.85. The van der Waals surface area contributed by atoms with Crippen LogP contribution in [0.3, 0.4) is 0 Å². The molecule has 1 saturated carbocycles. The molecular weight excluding hydrogens is 283 g/mol. The van der Waals surface area contributed by atoms with Crippen LogP contribution in [0.4, 0.5) is 10.1 Å². The van der Waals surface area contributed by atoms with Crippen LogP contribution in [0.25, 0.3) is 0 Å². The highest BCUT2D eigenvalue weighted by atomic mass is 19.1. The molecule has 0 aliphatic heterocycles. The maximum Gasteiger partial charge on any atom is 0.324 e. The molecule has 1 aromatic rings. The summed E-state index contributed by atoms with van der Waals surface area (Å²) in [4.78, 5) is 21.1. The van der Waals surface area contributed by atoms with Crippen LogP contribution in [0.1, 0.15) is 19.3 Å². The van der Waals surface area contributed by atoms with E-state index in [2.05, 4.69) is 5.32 Å². The second-order valence-corrected chi connectivity index (χ2v) is 4.99. The molecule has 0 heterocycles. The molecule has 0 bridgehead atoms. The predicted molar refractivity (Wildman–Crippen MR) is 70.7 cm³/mol. The van der Waals surface area contributed by atoms with Crippen molar-refractivity contribution >= 4 is 11.7 Å². The fourth-order valence-corrected chi connectivity index (χ4v) is 2.51. The molecule has 2 N–H and O–H groups in total. The van der Waals surface area contributed by atoms with E-state index in [0.717, 1.165) is 12.1 Å². The van der Waals surface area contributed by atoms with Crippen molar-refractivity contribution in [2.75, 3.05) is 7.05 Å². The Balaban J connectivity index is 2.10. The van der Waals surface area contributed by atoms with Gasteiger partial charge in [-0.3, -0.25) is 14.9 Å². The highest BCUT2D eigenvalue weighted by Gasteiger charge is 2.45. The molecule has 0 saturated heterocycles. The summed E-state index contributed by atoms with van der Waals surface area (Å²) in [5.41, 5.74) is -1.43. The summed E-state index contributed by atoms with van der Waals surface area (Å²) >= 11 is 0. The quantitative estimate of drug-likeness (QED) is 0.634. The number of hydrogen-bond acceptors (Lipinski definition) is 5. The largest absolute Gasteiger partial charge is 0.487 e. The van der Waals surface area contributed by atoms with Crippen molar-refractivity contribution in [2.45, 2.75) is 30.9 Å². The molecule has 8 heteroatoms. The lowest BCUT2D eigenvalue weighted by Gasteiger charge is -2.23. The Kier molecular flexibility index (Phi) is 4.08. The van der Waals surface area contributed by atoms with Gasteiger partial charge in [0.2, 0.25) is 0 Å². The number of nitrogens with zero attached hydrogens (tertiary/aromatic N) is 1. The number of hydrogen-bond donors (Lipinski definition) is 2. The lowest BCUT2D eigenvalue weighted by atomic mass is 9.98. The molecule has 0 radical (unpaired) electrons. The Morgan fingerprint density at radius 2 is 2.33 bits per heavy atom. The van der Waals surface area contributed by atoms with Crippen LogP contribution in [0.2, 0.25) is 0 Å². The number of nitro groups is 1. The number of benzene rings is 1. The van der Waals surface area contributed by atoms with Crippen LogP contribution in [0.5, 0.6) is 5.75 Å². The van der Waals surface area contributed by atoms with Gasteiger partial charge in [-0.05, 0) is 26.0 Å². The average molecular weight is 298 g/mol. The van der Waals surface area contributed by atoms with Gasteiger partial charge >= 0.3 is 5.97 Å². The van der Waals surface area contributed by atoms with Gasteiger partial charge in [0.15, 0.2) is 11.6 Å². The number of carboxylic acids is 1. The number of nitro benzene ring substituents is 1. The van der Waals surface area contributed by atoms with Crippen LogP contribution in [0.15, 0.2) is 18.2 Å². The van der Waals surface area contributed by atoms with E-state index >= 15 is 0 Å². The second-order valence-electron chi connectivity index (χ2n) is 4.99. The number of aliphatic carboxylic acids is 1. The fraction of sp³-hybridized carbons (Fsp3) is 0.462. The molecule has 1 aliphatic carbocycles. The first kappa shape index (κ1) is 15.2. The molecular formula is C13H15FN2O5. The smallest absolute Gasteiger partial charge is 0.324 e. The SMILES string of the molecule is CNC1(C(=O)O)CCC(Oc2ccc([N+](=O)[O-])cc2F)C1. The Bertz CT molecular complexity index is 580. The Labute approximate surface area is 119 Å². The topological polar surface area (TPSA) is 102 Å². The summed E-state index contributed by atoms with van der Waals surface area (Å²) in [6, 6.07) is 3.12. The molecule has 2 atom stereocenters. The molecule has 0 amide bonds. The molecule has 21 heavy (non-hydrogen) atoms. The summed E-state index contributed by atoms with van der Waals surface area (Å²) in [6.45, 7) is 0. The van der Waals surface area contributed by atoms with Gasteiger partial charge < -0.3 is 15.2 Å². The van der Waals surface area contributed by atoms with Crippen molar-refractivity contribution in [1.82, 2.24) is 5.32 Å². The van der Waals surface area contributed by atoms with Crippen LogP contribution >= 0.6 is 0 Å². The van der Waals surface area contributed by atoms with E-state index in [1.165, 1.54) is 6.07 Å². The zero-order valence-corrected chi connectivity index (χ0v) is 11.3. The standard InChI is InChI=1S/C13H15FN2O5/c1-15-13(12(17)18)5-4-9(7-13)21-11-3-2-8(16(19)20)6-10(11)14/h2-3,6,9,15H,4-5,7H2,1H3,(H,17,18). The number of ether oxygens (including phenoxy) is 1. The Morgan fingerprint density at radius 3 is 2.81 bits per heavy atom. The number of non-ortho nitro benzene ring substituents is 1. The van der Waals surface area contributed by atoms with Gasteiger partial charge in [0, 0.05) is 12.5 Å².